The summed E-state index contributed by atoms with van der Waals surface area (Å²) in [6.45, 7) is 6.74. The van der Waals surface area contributed by atoms with Crippen molar-refractivity contribution in [1.82, 2.24) is 5.32 Å². The average molecular weight is 329 g/mol. The Morgan fingerprint density at radius 3 is 2.18 bits per heavy atom. The number of rotatable bonds is 5. The van der Waals surface area contributed by atoms with Crippen LogP contribution in [0, 0.1) is 0 Å². The third-order valence-electron chi connectivity index (χ3n) is 3.24. The molecule has 2 N–H and O–H groups in total. The van der Waals surface area contributed by atoms with E-state index in [2.05, 4.69) is 5.32 Å². The Morgan fingerprint density at radius 2 is 1.77 bits per heavy atom. The summed E-state index contributed by atoms with van der Waals surface area (Å²) in [6.07, 6.45) is -1.44. The van der Waals surface area contributed by atoms with Crippen LogP contribution in [-0.4, -0.2) is 30.3 Å². The van der Waals surface area contributed by atoms with E-state index < -0.39 is 30.7 Å². The second-order valence-electron chi connectivity index (χ2n) is 6.06. The Hall–Kier alpha value is -1.36. The van der Waals surface area contributed by atoms with E-state index in [-0.39, 0.29) is 0 Å². The molecule has 0 bridgehead atoms. The van der Waals surface area contributed by atoms with Crippen molar-refractivity contribution < 1.29 is 23.7 Å². The number of hydrogen-bond acceptors (Lipinski definition) is 5. The lowest BCUT2D eigenvalue weighted by Gasteiger charge is -2.37. The lowest BCUT2D eigenvalue weighted by atomic mass is 10.1. The maximum atomic E-state index is 12.9. The molecule has 0 radical (unpaired) electrons. The number of amides is 1. The fourth-order valence-electron chi connectivity index (χ4n) is 2.00. The van der Waals surface area contributed by atoms with Crippen LogP contribution in [0.3, 0.4) is 0 Å². The molecule has 0 heterocycles. The van der Waals surface area contributed by atoms with Crippen LogP contribution in [-0.2, 0) is 19.1 Å². The molecule has 0 saturated carbocycles. The molecule has 1 amide bonds. The van der Waals surface area contributed by atoms with E-state index in [1.54, 1.807) is 58.0 Å². The van der Waals surface area contributed by atoms with Gasteiger partial charge in [0.25, 0.3) is 7.37 Å². The second-order valence-corrected chi connectivity index (χ2v) is 8.95. The minimum atomic E-state index is -3.60. The molecule has 0 spiro atoms. The number of carbonyl (C=O) groups excluding carboxylic acids is 1. The van der Waals surface area contributed by atoms with E-state index in [0.29, 0.717) is 5.56 Å². The minimum absolute atomic E-state index is 0.556. The van der Waals surface area contributed by atoms with Gasteiger partial charge in [-0.3, -0.25) is 4.57 Å². The summed E-state index contributed by atoms with van der Waals surface area (Å²) in [7, 11) is -2.36. The molecule has 7 heteroatoms. The molecule has 1 aromatic carbocycles. The maximum absolute atomic E-state index is 12.9. The first-order chi connectivity index (χ1) is 10.1. The molecule has 0 saturated heterocycles. The van der Waals surface area contributed by atoms with Crippen molar-refractivity contribution in [1.29, 1.82) is 0 Å². The fraction of sp³-hybridized carbons (Fsp3) is 0.533. The van der Waals surface area contributed by atoms with Gasteiger partial charge in [0.05, 0.1) is 0 Å². The molecule has 0 unspecified atom stereocenters. The molecule has 0 aliphatic rings. The molecular weight excluding hydrogens is 305 g/mol. The SMILES string of the molecule is CO[P@@](=O)(CO)[C@@](C)(NC(=O)OC(C)(C)C)c1ccccc1. The summed E-state index contributed by atoms with van der Waals surface area (Å²) in [4.78, 5) is 12.1. The van der Waals surface area contributed by atoms with E-state index in [1.165, 1.54) is 7.11 Å². The smallest absolute Gasteiger partial charge is 0.408 e. The van der Waals surface area contributed by atoms with Gasteiger partial charge >= 0.3 is 6.09 Å². The maximum Gasteiger partial charge on any atom is 0.408 e. The summed E-state index contributed by atoms with van der Waals surface area (Å²) in [5, 5.41) is 10.7. The van der Waals surface area contributed by atoms with E-state index in [0.717, 1.165) is 0 Å². The van der Waals surface area contributed by atoms with Gasteiger partial charge in [0, 0.05) is 7.11 Å². The van der Waals surface area contributed by atoms with E-state index >= 15 is 0 Å². The summed E-state index contributed by atoms with van der Waals surface area (Å²) in [5.74, 6) is 0. The van der Waals surface area contributed by atoms with Crippen LogP contribution in [0.5, 0.6) is 0 Å². The molecular formula is C15H24NO5P. The molecule has 0 aliphatic carbocycles. The van der Waals surface area contributed by atoms with Crippen molar-refractivity contribution >= 4 is 13.5 Å². The van der Waals surface area contributed by atoms with Crippen LogP contribution in [0.25, 0.3) is 0 Å². The predicted molar refractivity (Wildman–Crippen MR) is 84.9 cm³/mol. The first kappa shape index (κ1) is 18.7. The van der Waals surface area contributed by atoms with Gasteiger partial charge < -0.3 is 19.7 Å². The summed E-state index contributed by atoms with van der Waals surface area (Å²) in [6, 6.07) is 8.72. The number of hydrogen-bond donors (Lipinski definition) is 2. The lowest BCUT2D eigenvalue weighted by molar-refractivity contribution is 0.0486. The summed E-state index contributed by atoms with van der Waals surface area (Å²) in [5.41, 5.74) is -0.141. The van der Waals surface area contributed by atoms with Gasteiger partial charge in [-0.25, -0.2) is 4.79 Å². The van der Waals surface area contributed by atoms with Gasteiger partial charge in [-0.2, -0.15) is 0 Å². The van der Waals surface area contributed by atoms with Gasteiger partial charge in [-0.1, -0.05) is 30.3 Å². The predicted octanol–water partition coefficient (Wildman–Crippen LogP) is 3.26. The van der Waals surface area contributed by atoms with Gasteiger partial charge in [0.15, 0.2) is 0 Å². The third-order valence-corrected chi connectivity index (χ3v) is 5.94. The summed E-state index contributed by atoms with van der Waals surface area (Å²) >= 11 is 0. The number of aliphatic hydroxyl groups is 1. The Kier molecular flexibility index (Phi) is 5.79. The topological polar surface area (TPSA) is 84.9 Å². The molecule has 2 atom stereocenters. The molecule has 22 heavy (non-hydrogen) atoms. The fourth-order valence-corrected chi connectivity index (χ4v) is 3.57. The van der Waals surface area contributed by atoms with E-state index in [9.17, 15) is 14.5 Å². The highest BCUT2D eigenvalue weighted by molar-refractivity contribution is 7.59. The molecule has 1 rings (SSSR count). The highest BCUT2D eigenvalue weighted by atomic mass is 31.2. The number of benzene rings is 1. The Morgan fingerprint density at radius 1 is 1.23 bits per heavy atom. The normalized spacial score (nSPS) is 17.2. The minimum Gasteiger partial charge on any atom is -0.444 e. The quantitative estimate of drug-likeness (QED) is 0.810. The van der Waals surface area contributed by atoms with Crippen molar-refractivity contribution in [3.63, 3.8) is 0 Å². The van der Waals surface area contributed by atoms with Crippen molar-refractivity contribution in [3.8, 4) is 0 Å². The molecule has 0 aromatic heterocycles. The van der Waals surface area contributed by atoms with Crippen LogP contribution >= 0.6 is 7.37 Å². The van der Waals surface area contributed by atoms with E-state index in [1.807, 2.05) is 0 Å². The van der Waals surface area contributed by atoms with Crippen molar-refractivity contribution in [2.24, 2.45) is 0 Å². The largest absolute Gasteiger partial charge is 0.444 e. The molecule has 124 valence electrons. The third kappa shape index (κ3) is 4.09. The number of aliphatic hydroxyl groups excluding tert-OH is 1. The van der Waals surface area contributed by atoms with Crippen LogP contribution in [0.4, 0.5) is 4.79 Å². The van der Waals surface area contributed by atoms with Crippen molar-refractivity contribution in [3.05, 3.63) is 35.9 Å². The zero-order valence-electron chi connectivity index (χ0n) is 13.6. The zero-order valence-corrected chi connectivity index (χ0v) is 14.5. The van der Waals surface area contributed by atoms with Gasteiger partial charge in [-0.05, 0) is 33.3 Å². The lowest BCUT2D eigenvalue weighted by Crippen LogP contribution is -2.46. The Balaban J connectivity index is 3.25. The van der Waals surface area contributed by atoms with Crippen LogP contribution in [0.15, 0.2) is 30.3 Å². The molecule has 0 fully saturated rings. The number of carbonyl (C=O) groups is 1. The number of nitrogens with one attached hydrogen (secondary N) is 1. The van der Waals surface area contributed by atoms with Gasteiger partial charge in [0.2, 0.25) is 0 Å². The second kappa shape index (κ2) is 6.82. The zero-order chi connectivity index (χ0) is 17.0. The molecule has 1 aromatic rings. The first-order valence-corrected chi connectivity index (χ1v) is 8.71. The van der Waals surface area contributed by atoms with Gasteiger partial charge in [0.1, 0.15) is 17.2 Å². The Bertz CT molecular complexity index is 547. The van der Waals surface area contributed by atoms with Crippen LogP contribution in [0.2, 0.25) is 0 Å². The standard InChI is InChI=1S/C15H24NO5P/c1-14(2,3)21-13(18)16-15(4,22(19,11-17)20-5)12-9-7-6-8-10-12/h6-10,17H,11H2,1-5H3,(H,16,18)/t15-,22+/m1/s1. The van der Waals surface area contributed by atoms with E-state index in [4.69, 9.17) is 9.26 Å². The van der Waals surface area contributed by atoms with Crippen molar-refractivity contribution in [2.75, 3.05) is 13.5 Å². The Labute approximate surface area is 131 Å². The van der Waals surface area contributed by atoms with Crippen LogP contribution < -0.4 is 5.32 Å². The monoisotopic (exact) mass is 329 g/mol. The highest BCUT2D eigenvalue weighted by Gasteiger charge is 2.48. The number of alkyl carbamates (subject to hydrolysis) is 1. The molecule has 0 aliphatic heterocycles. The molecule has 6 nitrogen and oxygen atoms in total. The highest BCUT2D eigenvalue weighted by Crippen LogP contribution is 2.61. The average Bonchev–Trinajstić information content (AvgIpc) is 2.45. The first-order valence-electron chi connectivity index (χ1n) is 6.90. The van der Waals surface area contributed by atoms with Gasteiger partial charge in [-0.15, -0.1) is 0 Å². The van der Waals surface area contributed by atoms with Crippen LogP contribution in [0.1, 0.15) is 33.3 Å². The summed E-state index contributed by atoms with van der Waals surface area (Å²) < 4.78 is 23.2. The van der Waals surface area contributed by atoms with Crippen molar-refractivity contribution in [2.45, 2.75) is 38.6 Å². The number of ether oxygens (including phenoxy) is 1.